The van der Waals surface area contributed by atoms with Crippen molar-refractivity contribution < 1.29 is 41.1 Å². The molecule has 2 saturated heterocycles. The van der Waals surface area contributed by atoms with Gasteiger partial charge in [-0.1, -0.05) is 50.0 Å². The van der Waals surface area contributed by atoms with Gasteiger partial charge in [0.15, 0.2) is 12.6 Å². The van der Waals surface area contributed by atoms with Crippen molar-refractivity contribution in [3.8, 4) is 0 Å². The van der Waals surface area contributed by atoms with Gasteiger partial charge in [0.25, 0.3) is 10.1 Å². The molecular formula is C32H52O9S. The second-order valence-electron chi connectivity index (χ2n) is 12.4. The summed E-state index contributed by atoms with van der Waals surface area (Å²) in [6.07, 6.45) is 18.4. The van der Waals surface area contributed by atoms with E-state index in [1.807, 2.05) is 0 Å². The van der Waals surface area contributed by atoms with Crippen LogP contribution in [0, 0.1) is 23.7 Å². The number of hydrogen-bond donors (Lipinski definition) is 0. The lowest BCUT2D eigenvalue weighted by Gasteiger charge is -2.30. The van der Waals surface area contributed by atoms with Gasteiger partial charge in [0, 0.05) is 19.1 Å². The molecule has 9 nitrogen and oxygen atoms in total. The molecule has 42 heavy (non-hydrogen) atoms. The van der Waals surface area contributed by atoms with E-state index >= 15 is 0 Å². The second-order valence-corrected chi connectivity index (χ2v) is 14.0. The van der Waals surface area contributed by atoms with E-state index in [0.717, 1.165) is 95.7 Å². The fourth-order valence-electron chi connectivity index (χ4n) is 7.08. The van der Waals surface area contributed by atoms with Crippen LogP contribution in [0.25, 0.3) is 0 Å². The predicted octanol–water partition coefficient (Wildman–Crippen LogP) is 5.68. The van der Waals surface area contributed by atoms with Gasteiger partial charge in [-0.2, -0.15) is 8.42 Å². The molecule has 240 valence electrons. The summed E-state index contributed by atoms with van der Waals surface area (Å²) in [6.45, 7) is 5.29. The SMILES string of the molecule is CCCCC[C@@H](/C=C/[C@@H]1[C@H]2C=C(C(C(=O)OC)C(C)OS(C)(=O)=O)C[C@H]2C[C@H]1OC1CCCCO1)OC1CCCCO1. The van der Waals surface area contributed by atoms with Gasteiger partial charge in [-0.05, 0) is 76.5 Å². The molecule has 10 heteroatoms. The quantitative estimate of drug-likeness (QED) is 0.0999. The number of methoxy groups -OCH3 is 1. The van der Waals surface area contributed by atoms with Crippen molar-refractivity contribution in [3.05, 3.63) is 23.8 Å². The number of unbranched alkanes of at least 4 members (excludes halogenated alkanes) is 2. The predicted molar refractivity (Wildman–Crippen MR) is 159 cm³/mol. The molecule has 4 unspecified atom stereocenters. The van der Waals surface area contributed by atoms with Crippen LogP contribution in [0.4, 0.5) is 0 Å². The number of fused-ring (bicyclic) bond motifs is 1. The molecule has 0 aromatic carbocycles. The Morgan fingerprint density at radius 2 is 1.81 bits per heavy atom. The van der Waals surface area contributed by atoms with Crippen LogP contribution in [-0.4, -0.2) is 71.9 Å². The van der Waals surface area contributed by atoms with Crippen LogP contribution in [0.5, 0.6) is 0 Å². The number of carbonyl (C=O) groups excluding carboxylic acids is 1. The van der Waals surface area contributed by atoms with Gasteiger partial charge in [0.2, 0.25) is 0 Å². The fourth-order valence-corrected chi connectivity index (χ4v) is 7.74. The van der Waals surface area contributed by atoms with E-state index in [9.17, 15) is 13.2 Å². The van der Waals surface area contributed by atoms with Gasteiger partial charge in [0.05, 0.1) is 31.7 Å². The fraction of sp³-hybridized carbons (Fsp3) is 0.844. The highest BCUT2D eigenvalue weighted by molar-refractivity contribution is 7.86. The topological polar surface area (TPSA) is 107 Å². The highest BCUT2D eigenvalue weighted by atomic mass is 32.2. The van der Waals surface area contributed by atoms with Crippen LogP contribution in [0.1, 0.15) is 90.9 Å². The van der Waals surface area contributed by atoms with Gasteiger partial charge in [0.1, 0.15) is 5.92 Å². The Bertz CT molecular complexity index is 1010. The van der Waals surface area contributed by atoms with Crippen molar-refractivity contribution in [2.24, 2.45) is 23.7 Å². The Morgan fingerprint density at radius 3 is 2.43 bits per heavy atom. The van der Waals surface area contributed by atoms with Crippen LogP contribution < -0.4 is 0 Å². The second kappa shape index (κ2) is 16.1. The van der Waals surface area contributed by atoms with E-state index in [2.05, 4.69) is 25.2 Å². The zero-order chi connectivity index (χ0) is 30.1. The maximum absolute atomic E-state index is 12.9. The van der Waals surface area contributed by atoms with Crippen LogP contribution in [0.3, 0.4) is 0 Å². The van der Waals surface area contributed by atoms with Crippen LogP contribution >= 0.6 is 0 Å². The van der Waals surface area contributed by atoms with Gasteiger partial charge in [-0.25, -0.2) is 0 Å². The average molecular weight is 613 g/mol. The van der Waals surface area contributed by atoms with Crippen molar-refractivity contribution in [2.75, 3.05) is 26.6 Å². The van der Waals surface area contributed by atoms with E-state index in [1.54, 1.807) is 6.92 Å². The summed E-state index contributed by atoms with van der Waals surface area (Å²) in [5, 5.41) is 0. The number of ether oxygens (including phenoxy) is 5. The maximum Gasteiger partial charge on any atom is 0.315 e. The minimum Gasteiger partial charge on any atom is -0.468 e. The van der Waals surface area contributed by atoms with Gasteiger partial charge >= 0.3 is 5.97 Å². The normalized spacial score (nSPS) is 32.3. The van der Waals surface area contributed by atoms with Gasteiger partial charge in [-0.3, -0.25) is 8.98 Å². The number of rotatable bonds is 15. The average Bonchev–Trinajstić information content (AvgIpc) is 3.49. The number of carbonyl (C=O) groups is 1. The molecule has 2 aliphatic carbocycles. The van der Waals surface area contributed by atoms with Gasteiger partial charge in [-0.15, -0.1) is 0 Å². The molecular weight excluding hydrogens is 560 g/mol. The first-order valence-electron chi connectivity index (χ1n) is 16.1. The molecule has 4 rings (SSSR count). The maximum atomic E-state index is 12.9. The van der Waals surface area contributed by atoms with E-state index in [0.29, 0.717) is 6.42 Å². The number of esters is 1. The lowest BCUT2D eigenvalue weighted by atomic mass is 9.91. The Hall–Kier alpha value is -1.30. The third-order valence-corrected chi connectivity index (χ3v) is 9.73. The Morgan fingerprint density at radius 1 is 1.10 bits per heavy atom. The Kier molecular flexibility index (Phi) is 12.9. The molecule has 0 bridgehead atoms. The molecule has 0 aromatic heterocycles. The summed E-state index contributed by atoms with van der Waals surface area (Å²) in [5.41, 5.74) is 0.880. The first kappa shape index (κ1) is 33.6. The highest BCUT2D eigenvalue weighted by Gasteiger charge is 2.48. The molecule has 0 N–H and O–H groups in total. The van der Waals surface area contributed by atoms with Crippen LogP contribution in [-0.2, 0) is 42.8 Å². The van der Waals surface area contributed by atoms with Crippen molar-refractivity contribution in [2.45, 2.75) is 122 Å². The van der Waals surface area contributed by atoms with E-state index in [1.165, 1.54) is 7.11 Å². The third-order valence-electron chi connectivity index (χ3n) is 9.08. The molecule has 9 atom stereocenters. The first-order valence-corrected chi connectivity index (χ1v) is 17.9. The minimum absolute atomic E-state index is 0.0133. The monoisotopic (exact) mass is 612 g/mol. The smallest absolute Gasteiger partial charge is 0.315 e. The molecule has 1 saturated carbocycles. The minimum atomic E-state index is -3.74. The summed E-state index contributed by atoms with van der Waals surface area (Å²) in [6, 6.07) is 0. The summed E-state index contributed by atoms with van der Waals surface area (Å²) >= 11 is 0. The van der Waals surface area contributed by atoms with Crippen molar-refractivity contribution in [3.63, 3.8) is 0 Å². The summed E-state index contributed by atoms with van der Waals surface area (Å²) in [7, 11) is -2.41. The van der Waals surface area contributed by atoms with Crippen molar-refractivity contribution in [1.82, 2.24) is 0 Å². The molecule has 4 aliphatic rings. The molecule has 3 fully saturated rings. The number of allylic oxidation sites excluding steroid dienone is 1. The largest absolute Gasteiger partial charge is 0.468 e. The Balaban J connectivity index is 1.56. The first-order chi connectivity index (χ1) is 20.2. The number of hydrogen-bond acceptors (Lipinski definition) is 9. The van der Waals surface area contributed by atoms with Crippen molar-refractivity contribution in [1.29, 1.82) is 0 Å². The van der Waals surface area contributed by atoms with E-state index in [4.69, 9.17) is 27.9 Å². The summed E-state index contributed by atoms with van der Waals surface area (Å²) in [5.74, 6) is -0.780. The molecule has 0 amide bonds. The highest BCUT2D eigenvalue weighted by Crippen LogP contribution is 2.51. The lowest BCUT2D eigenvalue weighted by molar-refractivity contribution is -0.192. The van der Waals surface area contributed by atoms with Crippen LogP contribution in [0.2, 0.25) is 0 Å². The summed E-state index contributed by atoms with van der Waals surface area (Å²) < 4.78 is 59.0. The molecule has 2 aliphatic heterocycles. The molecule has 2 heterocycles. The molecule has 0 aromatic rings. The van der Waals surface area contributed by atoms with Gasteiger partial charge < -0.3 is 23.7 Å². The molecule has 0 spiro atoms. The van der Waals surface area contributed by atoms with Crippen LogP contribution in [0.15, 0.2) is 23.8 Å². The summed E-state index contributed by atoms with van der Waals surface area (Å²) in [4.78, 5) is 12.9. The zero-order valence-electron chi connectivity index (χ0n) is 25.9. The van der Waals surface area contributed by atoms with E-state index < -0.39 is 28.1 Å². The Labute approximate surface area is 252 Å². The molecule has 0 radical (unpaired) electrons. The third kappa shape index (κ3) is 9.60. The standard InChI is InChI=1S/C32H52O9S/c1-5-6-7-12-25(39-29-13-8-10-17-37-29)15-16-26-27-20-24(31(32(33)36-3)22(2)41-42(4,34)35)19-23(27)21-28(26)40-30-14-9-11-18-38-30/h15-16,20,22-23,25-31H,5-14,17-19,21H2,1-4H3/b16-15+/t22?,23-,25-,26+,27-,28+,29?,30?,31?/m0/s1. The lowest BCUT2D eigenvalue weighted by Crippen LogP contribution is -2.33. The zero-order valence-corrected chi connectivity index (χ0v) is 26.7. The van der Waals surface area contributed by atoms with Crippen molar-refractivity contribution >= 4 is 16.1 Å². The van der Waals surface area contributed by atoms with E-state index in [-0.39, 0.29) is 42.5 Å².